The van der Waals surface area contributed by atoms with Crippen molar-refractivity contribution in [2.45, 2.75) is 5.88 Å². The van der Waals surface area contributed by atoms with Gasteiger partial charge >= 0.3 is 0 Å². The topological polar surface area (TPSA) is 49.4 Å². The third-order valence-electron chi connectivity index (χ3n) is 1.43. The molecule has 1 aromatic carbocycles. The van der Waals surface area contributed by atoms with Crippen molar-refractivity contribution in [2.75, 3.05) is 6.61 Å². The molecule has 0 N–H and O–H groups in total. The van der Waals surface area contributed by atoms with E-state index in [-0.39, 0.29) is 0 Å². The Labute approximate surface area is 80.9 Å². The zero-order valence-corrected chi connectivity index (χ0v) is 7.58. The van der Waals surface area contributed by atoms with Gasteiger partial charge in [-0.25, -0.2) is 0 Å². The van der Waals surface area contributed by atoms with E-state index in [1.807, 2.05) is 0 Å². The molecule has 0 aliphatic heterocycles. The Morgan fingerprint density at radius 1 is 1.38 bits per heavy atom. The van der Waals surface area contributed by atoms with E-state index in [0.29, 0.717) is 11.6 Å². The van der Waals surface area contributed by atoms with E-state index in [1.165, 1.54) is 0 Å². The molecule has 0 saturated carbocycles. The predicted octanol–water partition coefficient (Wildman–Crippen LogP) is 0.554. The molecule has 0 aliphatic carbocycles. The van der Waals surface area contributed by atoms with Gasteiger partial charge in [-0.2, -0.15) is 0 Å². The monoisotopic (exact) mass is 199 g/mol. The summed E-state index contributed by atoms with van der Waals surface area (Å²) in [4.78, 5) is 10.0. The molecule has 1 rings (SSSR count). The molecule has 0 spiro atoms. The van der Waals surface area contributed by atoms with Crippen LogP contribution in [-0.2, 0) is 10.7 Å². The van der Waals surface area contributed by atoms with Crippen molar-refractivity contribution in [1.82, 2.24) is 0 Å². The fourth-order valence-corrected chi connectivity index (χ4v) is 0.995. The van der Waals surface area contributed by atoms with Gasteiger partial charge in [-0.15, -0.1) is 11.6 Å². The summed E-state index contributed by atoms with van der Waals surface area (Å²) in [5, 5.41) is 10.0. The molecule has 1 aromatic rings. The molecule has 0 aliphatic rings. The van der Waals surface area contributed by atoms with E-state index in [9.17, 15) is 9.90 Å². The number of ether oxygens (including phenoxy) is 1. The van der Waals surface area contributed by atoms with Crippen molar-refractivity contribution in [3.63, 3.8) is 0 Å². The number of carboxylic acid groups (broad SMARTS) is 1. The van der Waals surface area contributed by atoms with Gasteiger partial charge in [-0.05, 0) is 17.7 Å². The number of alkyl halides is 1. The predicted molar refractivity (Wildman–Crippen MR) is 46.5 cm³/mol. The Kier molecular flexibility index (Phi) is 3.58. The highest BCUT2D eigenvalue weighted by Gasteiger charge is 1.94. The van der Waals surface area contributed by atoms with Crippen molar-refractivity contribution in [3.05, 3.63) is 29.8 Å². The van der Waals surface area contributed by atoms with Gasteiger partial charge in [-0.3, -0.25) is 0 Å². The minimum atomic E-state index is -1.23. The van der Waals surface area contributed by atoms with Gasteiger partial charge in [0.15, 0.2) is 0 Å². The van der Waals surface area contributed by atoms with E-state index in [4.69, 9.17) is 16.3 Å². The number of hydrogen-bond acceptors (Lipinski definition) is 3. The van der Waals surface area contributed by atoms with Gasteiger partial charge in [-0.1, -0.05) is 12.1 Å². The highest BCUT2D eigenvalue weighted by Crippen LogP contribution is 2.12. The van der Waals surface area contributed by atoms with Crippen LogP contribution >= 0.6 is 11.6 Å². The number of halogens is 1. The maximum absolute atomic E-state index is 10.0. The molecule has 13 heavy (non-hydrogen) atoms. The SMILES string of the molecule is O=C([O-])COc1ccc(CCl)cc1. The second kappa shape index (κ2) is 4.72. The van der Waals surface area contributed by atoms with Crippen LogP contribution in [0.25, 0.3) is 0 Å². The molecule has 0 bridgehead atoms. The van der Waals surface area contributed by atoms with Crippen LogP contribution in [0.2, 0.25) is 0 Å². The number of carbonyl (C=O) groups excluding carboxylic acids is 1. The lowest BCUT2D eigenvalue weighted by Crippen LogP contribution is -2.28. The van der Waals surface area contributed by atoms with Crippen LogP contribution in [0.1, 0.15) is 5.56 Å². The fourth-order valence-electron chi connectivity index (χ4n) is 0.817. The standard InChI is InChI=1S/C9H9ClO3/c10-5-7-1-3-8(4-2-7)13-6-9(11)12/h1-4H,5-6H2,(H,11,12)/p-1. The summed E-state index contributed by atoms with van der Waals surface area (Å²) in [5.74, 6) is -0.305. The number of aliphatic carboxylic acids is 1. The summed E-state index contributed by atoms with van der Waals surface area (Å²) in [6, 6.07) is 6.89. The lowest BCUT2D eigenvalue weighted by Gasteiger charge is -2.06. The molecule has 0 amide bonds. The zero-order chi connectivity index (χ0) is 9.68. The van der Waals surface area contributed by atoms with Crippen LogP contribution in [0.3, 0.4) is 0 Å². The number of rotatable bonds is 4. The number of carbonyl (C=O) groups is 1. The Balaban J connectivity index is 2.54. The van der Waals surface area contributed by atoms with Crippen LogP contribution in [0.4, 0.5) is 0 Å². The first-order chi connectivity index (χ1) is 6.22. The Bertz CT molecular complexity index is 281. The van der Waals surface area contributed by atoms with E-state index in [1.54, 1.807) is 24.3 Å². The highest BCUT2D eigenvalue weighted by molar-refractivity contribution is 6.17. The number of hydrogen-bond donors (Lipinski definition) is 0. The average Bonchev–Trinajstić information content (AvgIpc) is 2.15. The molecular weight excluding hydrogens is 192 g/mol. The van der Waals surface area contributed by atoms with Crippen LogP contribution < -0.4 is 9.84 Å². The maximum atomic E-state index is 10.0. The van der Waals surface area contributed by atoms with Gasteiger partial charge in [0.05, 0.1) is 5.97 Å². The van der Waals surface area contributed by atoms with E-state index in [2.05, 4.69) is 0 Å². The van der Waals surface area contributed by atoms with Gasteiger partial charge in [0.25, 0.3) is 0 Å². The lowest BCUT2D eigenvalue weighted by molar-refractivity contribution is -0.307. The van der Waals surface area contributed by atoms with Crippen LogP contribution in [0.5, 0.6) is 5.75 Å². The molecule has 0 atom stereocenters. The fraction of sp³-hybridized carbons (Fsp3) is 0.222. The summed E-state index contributed by atoms with van der Waals surface area (Å²) in [5.41, 5.74) is 0.961. The zero-order valence-electron chi connectivity index (χ0n) is 6.83. The normalized spacial score (nSPS) is 9.62. The Hall–Kier alpha value is -1.22. The summed E-state index contributed by atoms with van der Waals surface area (Å²) < 4.78 is 4.86. The maximum Gasteiger partial charge on any atom is 0.128 e. The third kappa shape index (κ3) is 3.34. The summed E-state index contributed by atoms with van der Waals surface area (Å²) in [7, 11) is 0. The summed E-state index contributed by atoms with van der Waals surface area (Å²) >= 11 is 5.56. The first-order valence-corrected chi connectivity index (χ1v) is 4.23. The van der Waals surface area contributed by atoms with Gasteiger partial charge < -0.3 is 14.6 Å². The third-order valence-corrected chi connectivity index (χ3v) is 1.74. The second-order valence-corrected chi connectivity index (χ2v) is 2.71. The first kappa shape index (κ1) is 9.86. The van der Waals surface area contributed by atoms with Crippen molar-refractivity contribution in [3.8, 4) is 5.75 Å². The molecule has 0 unspecified atom stereocenters. The molecule has 0 radical (unpaired) electrons. The molecule has 4 heteroatoms. The summed E-state index contributed by atoms with van der Waals surface area (Å²) in [6.45, 7) is -0.430. The minimum absolute atomic E-state index is 0.430. The first-order valence-electron chi connectivity index (χ1n) is 3.70. The largest absolute Gasteiger partial charge is 0.546 e. The molecule has 3 nitrogen and oxygen atoms in total. The summed E-state index contributed by atoms with van der Waals surface area (Å²) in [6.07, 6.45) is 0. The van der Waals surface area contributed by atoms with E-state index >= 15 is 0 Å². The Morgan fingerprint density at radius 2 is 2.00 bits per heavy atom. The molecule has 0 fully saturated rings. The van der Waals surface area contributed by atoms with Crippen LogP contribution in [0, 0.1) is 0 Å². The second-order valence-electron chi connectivity index (χ2n) is 2.44. The highest BCUT2D eigenvalue weighted by atomic mass is 35.5. The quantitative estimate of drug-likeness (QED) is 0.666. The van der Waals surface area contributed by atoms with Crippen molar-refractivity contribution < 1.29 is 14.6 Å². The van der Waals surface area contributed by atoms with Crippen LogP contribution in [-0.4, -0.2) is 12.6 Å². The Morgan fingerprint density at radius 3 is 2.46 bits per heavy atom. The van der Waals surface area contributed by atoms with Gasteiger partial charge in [0.2, 0.25) is 0 Å². The van der Waals surface area contributed by atoms with Crippen molar-refractivity contribution in [2.24, 2.45) is 0 Å². The van der Waals surface area contributed by atoms with Crippen molar-refractivity contribution >= 4 is 17.6 Å². The smallest absolute Gasteiger partial charge is 0.128 e. The molecule has 0 aromatic heterocycles. The van der Waals surface area contributed by atoms with Gasteiger partial charge in [0.1, 0.15) is 12.4 Å². The molecular formula is C9H8ClO3-. The van der Waals surface area contributed by atoms with Crippen LogP contribution in [0.15, 0.2) is 24.3 Å². The number of carboxylic acids is 1. The van der Waals surface area contributed by atoms with Crippen molar-refractivity contribution in [1.29, 1.82) is 0 Å². The van der Waals surface area contributed by atoms with E-state index in [0.717, 1.165) is 5.56 Å². The lowest BCUT2D eigenvalue weighted by atomic mass is 10.2. The minimum Gasteiger partial charge on any atom is -0.546 e. The van der Waals surface area contributed by atoms with E-state index < -0.39 is 12.6 Å². The molecule has 0 heterocycles. The molecule has 70 valence electrons. The molecule has 0 saturated heterocycles. The average molecular weight is 200 g/mol. The number of benzene rings is 1. The van der Waals surface area contributed by atoms with Gasteiger partial charge in [0, 0.05) is 5.88 Å².